The van der Waals surface area contributed by atoms with E-state index in [0.717, 1.165) is 5.56 Å². The number of aliphatic hydroxyl groups is 1. The van der Waals surface area contributed by atoms with Crippen LogP contribution in [0.3, 0.4) is 0 Å². The third kappa shape index (κ3) is 1.52. The Morgan fingerprint density at radius 3 is 2.57 bits per heavy atom. The fraction of sp³-hybridized carbons (Fsp3) is 0.200. The highest BCUT2D eigenvalue weighted by atomic mass is 16.3. The lowest BCUT2D eigenvalue weighted by molar-refractivity contribution is 0.277. The summed E-state index contributed by atoms with van der Waals surface area (Å²) in [5, 5.41) is 19.3. The number of nitrogens with zero attached hydrogens (tertiary/aromatic N) is 2. The van der Waals surface area contributed by atoms with Crippen molar-refractivity contribution in [3.63, 3.8) is 0 Å². The Hall–Kier alpha value is -1.68. The monoisotopic (exact) mass is 189 g/mol. The number of aromatic amines is 1. The zero-order chi connectivity index (χ0) is 9.97. The number of aliphatic hydroxyl groups excluding tert-OH is 1. The Morgan fingerprint density at radius 2 is 1.93 bits per heavy atom. The van der Waals surface area contributed by atoms with E-state index in [-0.39, 0.29) is 6.61 Å². The minimum atomic E-state index is -0.0975. The zero-order valence-electron chi connectivity index (χ0n) is 7.86. The Kier molecular flexibility index (Phi) is 2.28. The van der Waals surface area contributed by atoms with Gasteiger partial charge in [-0.1, -0.05) is 29.8 Å². The van der Waals surface area contributed by atoms with Crippen LogP contribution in [0.1, 0.15) is 11.3 Å². The summed E-state index contributed by atoms with van der Waals surface area (Å²) in [6.07, 6.45) is 0. The van der Waals surface area contributed by atoms with Crippen LogP contribution in [0.4, 0.5) is 0 Å². The highest BCUT2D eigenvalue weighted by Gasteiger charge is 2.08. The molecule has 1 aromatic carbocycles. The molecule has 1 heterocycles. The molecule has 0 saturated carbocycles. The molecular formula is C10H11N3O. The Bertz CT molecular complexity index is 419. The summed E-state index contributed by atoms with van der Waals surface area (Å²) in [5.41, 5.74) is 3.46. The van der Waals surface area contributed by atoms with Gasteiger partial charge in [-0.3, -0.25) is 0 Å². The summed E-state index contributed by atoms with van der Waals surface area (Å²) in [6.45, 7) is 1.93. The molecule has 1 aromatic heterocycles. The van der Waals surface area contributed by atoms with Crippen molar-refractivity contribution in [2.45, 2.75) is 13.5 Å². The van der Waals surface area contributed by atoms with E-state index in [0.29, 0.717) is 11.4 Å². The predicted octanol–water partition coefficient (Wildman–Crippen LogP) is 1.27. The van der Waals surface area contributed by atoms with Gasteiger partial charge in [-0.15, -0.1) is 0 Å². The summed E-state index contributed by atoms with van der Waals surface area (Å²) in [5.74, 6) is 0. The first kappa shape index (κ1) is 8.90. The van der Waals surface area contributed by atoms with E-state index in [1.54, 1.807) is 0 Å². The number of hydrogen-bond donors (Lipinski definition) is 2. The highest BCUT2D eigenvalue weighted by molar-refractivity contribution is 5.61. The second kappa shape index (κ2) is 3.59. The molecule has 2 aromatic rings. The first-order chi connectivity index (χ1) is 6.81. The van der Waals surface area contributed by atoms with Gasteiger partial charge in [0, 0.05) is 5.56 Å². The minimum absolute atomic E-state index is 0.0975. The zero-order valence-corrected chi connectivity index (χ0v) is 7.86. The maximum atomic E-state index is 9.00. The largest absolute Gasteiger partial charge is 0.390 e. The van der Waals surface area contributed by atoms with Crippen molar-refractivity contribution in [2.75, 3.05) is 0 Å². The van der Waals surface area contributed by atoms with Gasteiger partial charge >= 0.3 is 0 Å². The smallest absolute Gasteiger partial charge is 0.118 e. The van der Waals surface area contributed by atoms with Gasteiger partial charge in [0.1, 0.15) is 11.4 Å². The van der Waals surface area contributed by atoms with Crippen LogP contribution in [-0.2, 0) is 6.61 Å². The average Bonchev–Trinajstić information content (AvgIpc) is 2.67. The van der Waals surface area contributed by atoms with E-state index in [9.17, 15) is 0 Å². The lowest BCUT2D eigenvalue weighted by Gasteiger charge is -1.98. The fourth-order valence-corrected chi connectivity index (χ4v) is 1.31. The average molecular weight is 189 g/mol. The van der Waals surface area contributed by atoms with Gasteiger partial charge in [0.2, 0.25) is 0 Å². The normalized spacial score (nSPS) is 10.4. The van der Waals surface area contributed by atoms with E-state index in [1.807, 2.05) is 31.2 Å². The van der Waals surface area contributed by atoms with Gasteiger partial charge < -0.3 is 5.11 Å². The van der Waals surface area contributed by atoms with Gasteiger partial charge in [-0.25, -0.2) is 0 Å². The Morgan fingerprint density at radius 1 is 1.21 bits per heavy atom. The van der Waals surface area contributed by atoms with E-state index in [2.05, 4.69) is 15.4 Å². The molecule has 0 aliphatic carbocycles. The number of aromatic nitrogens is 3. The van der Waals surface area contributed by atoms with Crippen molar-refractivity contribution in [1.82, 2.24) is 15.4 Å². The molecule has 0 aliphatic heterocycles. The maximum absolute atomic E-state index is 9.00. The molecule has 14 heavy (non-hydrogen) atoms. The van der Waals surface area contributed by atoms with Crippen molar-refractivity contribution in [1.29, 1.82) is 0 Å². The van der Waals surface area contributed by atoms with E-state index in [1.165, 1.54) is 5.56 Å². The molecule has 0 aliphatic rings. The van der Waals surface area contributed by atoms with Gasteiger partial charge in [0.15, 0.2) is 0 Å². The van der Waals surface area contributed by atoms with Gasteiger partial charge in [0.05, 0.1) is 6.61 Å². The Balaban J connectivity index is 2.44. The summed E-state index contributed by atoms with van der Waals surface area (Å²) < 4.78 is 0. The van der Waals surface area contributed by atoms with Crippen molar-refractivity contribution in [3.8, 4) is 11.3 Å². The lowest BCUT2D eigenvalue weighted by atomic mass is 10.1. The van der Waals surface area contributed by atoms with Gasteiger partial charge in [-0.05, 0) is 6.92 Å². The number of nitrogens with one attached hydrogen (secondary N) is 1. The van der Waals surface area contributed by atoms with Crippen LogP contribution in [0.25, 0.3) is 11.3 Å². The van der Waals surface area contributed by atoms with Crippen LogP contribution in [0, 0.1) is 6.92 Å². The van der Waals surface area contributed by atoms with Crippen molar-refractivity contribution in [3.05, 3.63) is 35.5 Å². The molecular weight excluding hydrogens is 178 g/mol. The highest BCUT2D eigenvalue weighted by Crippen LogP contribution is 2.19. The second-order valence-corrected chi connectivity index (χ2v) is 3.14. The molecule has 0 bridgehead atoms. The molecule has 0 amide bonds. The number of hydrogen-bond acceptors (Lipinski definition) is 3. The third-order valence-electron chi connectivity index (χ3n) is 2.09. The van der Waals surface area contributed by atoms with E-state index >= 15 is 0 Å². The van der Waals surface area contributed by atoms with Crippen LogP contribution in [-0.4, -0.2) is 20.5 Å². The molecule has 0 radical (unpaired) electrons. The van der Waals surface area contributed by atoms with Crippen molar-refractivity contribution < 1.29 is 5.11 Å². The fourth-order valence-electron chi connectivity index (χ4n) is 1.31. The summed E-state index contributed by atoms with van der Waals surface area (Å²) in [6, 6.07) is 7.94. The minimum Gasteiger partial charge on any atom is -0.390 e. The van der Waals surface area contributed by atoms with Crippen LogP contribution in [0.15, 0.2) is 24.3 Å². The SMILES string of the molecule is Cc1ccc(-c2n[nH]nc2CO)cc1. The second-order valence-electron chi connectivity index (χ2n) is 3.14. The van der Waals surface area contributed by atoms with Crippen molar-refractivity contribution >= 4 is 0 Å². The van der Waals surface area contributed by atoms with Crippen LogP contribution < -0.4 is 0 Å². The Labute approximate surface area is 81.6 Å². The molecule has 4 heteroatoms. The molecule has 2 N–H and O–H groups in total. The van der Waals surface area contributed by atoms with Crippen molar-refractivity contribution in [2.24, 2.45) is 0 Å². The molecule has 0 atom stereocenters. The molecule has 72 valence electrons. The summed E-state index contributed by atoms with van der Waals surface area (Å²) >= 11 is 0. The van der Waals surface area contributed by atoms with E-state index < -0.39 is 0 Å². The third-order valence-corrected chi connectivity index (χ3v) is 2.09. The van der Waals surface area contributed by atoms with Gasteiger partial charge in [0.25, 0.3) is 0 Å². The number of H-pyrrole nitrogens is 1. The summed E-state index contributed by atoms with van der Waals surface area (Å²) in [4.78, 5) is 0. The topological polar surface area (TPSA) is 61.8 Å². The first-order valence-corrected chi connectivity index (χ1v) is 4.39. The molecule has 4 nitrogen and oxygen atoms in total. The first-order valence-electron chi connectivity index (χ1n) is 4.39. The molecule has 0 spiro atoms. The molecule has 2 rings (SSSR count). The molecule has 0 unspecified atom stereocenters. The van der Waals surface area contributed by atoms with Crippen LogP contribution >= 0.6 is 0 Å². The van der Waals surface area contributed by atoms with Crippen LogP contribution in [0.5, 0.6) is 0 Å². The number of aryl methyl sites for hydroxylation is 1. The maximum Gasteiger partial charge on any atom is 0.118 e. The number of rotatable bonds is 2. The quantitative estimate of drug-likeness (QED) is 0.747. The summed E-state index contributed by atoms with van der Waals surface area (Å²) in [7, 11) is 0. The predicted molar refractivity (Wildman–Crippen MR) is 52.5 cm³/mol. The molecule has 0 fully saturated rings. The molecule has 0 saturated heterocycles. The van der Waals surface area contributed by atoms with Crippen LogP contribution in [0.2, 0.25) is 0 Å². The number of benzene rings is 1. The standard InChI is InChI=1S/C10H11N3O/c1-7-2-4-8(5-3-7)10-9(6-14)11-13-12-10/h2-5,14H,6H2,1H3,(H,11,12,13). The lowest BCUT2D eigenvalue weighted by Crippen LogP contribution is -1.87. The van der Waals surface area contributed by atoms with Gasteiger partial charge in [-0.2, -0.15) is 15.4 Å². The van der Waals surface area contributed by atoms with E-state index in [4.69, 9.17) is 5.11 Å².